The van der Waals surface area contributed by atoms with Gasteiger partial charge in [-0.2, -0.15) is 0 Å². The van der Waals surface area contributed by atoms with E-state index in [2.05, 4.69) is 15.3 Å². The fourth-order valence-electron chi connectivity index (χ4n) is 1.99. The molecule has 0 aliphatic heterocycles. The van der Waals surface area contributed by atoms with Crippen LogP contribution in [0.4, 0.5) is 5.69 Å². The zero-order chi connectivity index (χ0) is 13.2. The Kier molecular flexibility index (Phi) is 3.32. The van der Waals surface area contributed by atoms with E-state index in [0.29, 0.717) is 11.7 Å². The molecule has 0 amide bonds. The van der Waals surface area contributed by atoms with E-state index in [9.17, 15) is 0 Å². The molecule has 2 N–H and O–H groups in total. The summed E-state index contributed by atoms with van der Waals surface area (Å²) < 4.78 is 0. The van der Waals surface area contributed by atoms with E-state index in [-0.39, 0.29) is 0 Å². The zero-order valence-corrected chi connectivity index (χ0v) is 11.5. The van der Waals surface area contributed by atoms with E-state index in [1.807, 2.05) is 30.3 Å². The summed E-state index contributed by atoms with van der Waals surface area (Å²) >= 11 is 12.2. The van der Waals surface area contributed by atoms with Crippen LogP contribution in [-0.4, -0.2) is 9.97 Å². The number of nitrogens with zero attached hydrogens (tertiary/aromatic N) is 1. The van der Waals surface area contributed by atoms with Crippen molar-refractivity contribution in [1.82, 2.24) is 9.97 Å². The van der Waals surface area contributed by atoms with Crippen LogP contribution in [0.25, 0.3) is 10.9 Å². The Morgan fingerprint density at radius 1 is 1.16 bits per heavy atom. The maximum Gasteiger partial charge on any atom is 0.131 e. The third kappa shape index (κ3) is 2.53. The lowest BCUT2D eigenvalue weighted by molar-refractivity contribution is 1.08. The van der Waals surface area contributed by atoms with Gasteiger partial charge in [-0.25, -0.2) is 4.98 Å². The fraction of sp³-hybridized carbons (Fsp3) is 0.0714. The summed E-state index contributed by atoms with van der Waals surface area (Å²) in [6.45, 7) is 0.605. The SMILES string of the molecule is Clc1cc(NCc2[nH]c3ccccc3c2Cl)ccn1. The van der Waals surface area contributed by atoms with Crippen molar-refractivity contribution < 1.29 is 0 Å². The van der Waals surface area contributed by atoms with E-state index in [4.69, 9.17) is 23.2 Å². The van der Waals surface area contributed by atoms with Gasteiger partial charge < -0.3 is 10.3 Å². The van der Waals surface area contributed by atoms with Crippen LogP contribution in [0.15, 0.2) is 42.6 Å². The van der Waals surface area contributed by atoms with E-state index < -0.39 is 0 Å². The number of benzene rings is 1. The Bertz CT molecular complexity index is 722. The van der Waals surface area contributed by atoms with Gasteiger partial charge in [0.05, 0.1) is 17.3 Å². The summed E-state index contributed by atoms with van der Waals surface area (Å²) in [5, 5.41) is 5.52. The second-order valence-corrected chi connectivity index (χ2v) is 4.95. The topological polar surface area (TPSA) is 40.7 Å². The minimum Gasteiger partial charge on any atom is -0.379 e. The van der Waals surface area contributed by atoms with Gasteiger partial charge in [-0.1, -0.05) is 41.4 Å². The molecule has 0 atom stereocenters. The van der Waals surface area contributed by atoms with Crippen LogP contribution in [0.5, 0.6) is 0 Å². The summed E-state index contributed by atoms with van der Waals surface area (Å²) in [5.74, 6) is 0. The first-order valence-electron chi connectivity index (χ1n) is 5.84. The number of halogens is 2. The molecule has 19 heavy (non-hydrogen) atoms. The Morgan fingerprint density at radius 2 is 2.00 bits per heavy atom. The van der Waals surface area contributed by atoms with Crippen molar-refractivity contribution in [2.75, 3.05) is 5.32 Å². The number of nitrogens with one attached hydrogen (secondary N) is 2. The number of aromatic amines is 1. The molecule has 0 bridgehead atoms. The molecule has 0 aliphatic carbocycles. The van der Waals surface area contributed by atoms with E-state index in [1.54, 1.807) is 12.3 Å². The number of hydrogen-bond acceptors (Lipinski definition) is 2. The third-order valence-corrected chi connectivity index (χ3v) is 3.55. The molecule has 2 heterocycles. The van der Waals surface area contributed by atoms with Crippen LogP contribution in [0, 0.1) is 0 Å². The van der Waals surface area contributed by atoms with E-state index >= 15 is 0 Å². The molecular weight excluding hydrogens is 281 g/mol. The van der Waals surface area contributed by atoms with Crippen LogP contribution >= 0.6 is 23.2 Å². The predicted octanol–water partition coefficient (Wildman–Crippen LogP) is 4.48. The normalized spacial score (nSPS) is 10.8. The molecule has 1 aromatic carbocycles. The smallest absolute Gasteiger partial charge is 0.131 e. The Balaban J connectivity index is 1.84. The molecule has 0 spiro atoms. The summed E-state index contributed by atoms with van der Waals surface area (Å²) in [4.78, 5) is 7.24. The van der Waals surface area contributed by atoms with Crippen molar-refractivity contribution >= 4 is 39.8 Å². The summed E-state index contributed by atoms with van der Waals surface area (Å²) in [7, 11) is 0. The number of hydrogen-bond donors (Lipinski definition) is 2. The Morgan fingerprint density at radius 3 is 2.79 bits per heavy atom. The highest BCUT2D eigenvalue weighted by Gasteiger charge is 2.08. The number of pyridine rings is 1. The van der Waals surface area contributed by atoms with Crippen LogP contribution < -0.4 is 5.32 Å². The molecule has 0 saturated carbocycles. The number of fused-ring (bicyclic) bond motifs is 1. The molecule has 0 saturated heterocycles. The van der Waals surface area contributed by atoms with Crippen molar-refractivity contribution in [1.29, 1.82) is 0 Å². The first-order valence-corrected chi connectivity index (χ1v) is 6.60. The molecule has 3 rings (SSSR count). The summed E-state index contributed by atoms with van der Waals surface area (Å²) in [5.41, 5.74) is 2.91. The molecule has 0 aliphatic rings. The minimum absolute atomic E-state index is 0.466. The first kappa shape index (κ1) is 12.3. The van der Waals surface area contributed by atoms with Gasteiger partial charge in [-0.05, 0) is 18.2 Å². The lowest BCUT2D eigenvalue weighted by atomic mass is 10.2. The molecule has 3 aromatic rings. The second-order valence-electron chi connectivity index (χ2n) is 4.18. The standard InChI is InChI=1S/C14H11Cl2N3/c15-13-7-9(5-6-17-13)18-8-12-14(16)10-3-1-2-4-11(10)19-12/h1-7,19H,8H2,(H,17,18). The first-order chi connectivity index (χ1) is 9.24. The van der Waals surface area contributed by atoms with Crippen LogP contribution in [0.2, 0.25) is 10.2 Å². The largest absolute Gasteiger partial charge is 0.379 e. The Labute approximate surface area is 120 Å². The van der Waals surface area contributed by atoms with Crippen molar-refractivity contribution in [3.8, 4) is 0 Å². The number of rotatable bonds is 3. The van der Waals surface area contributed by atoms with Crippen molar-refractivity contribution in [2.45, 2.75) is 6.54 Å². The summed E-state index contributed by atoms with van der Waals surface area (Å²) in [6, 6.07) is 11.6. The monoisotopic (exact) mass is 291 g/mol. The molecule has 0 radical (unpaired) electrons. The quantitative estimate of drug-likeness (QED) is 0.699. The van der Waals surface area contributed by atoms with Gasteiger partial charge in [0.25, 0.3) is 0 Å². The maximum absolute atomic E-state index is 6.34. The van der Waals surface area contributed by atoms with E-state index in [0.717, 1.165) is 27.3 Å². The molecule has 0 fully saturated rings. The average Bonchev–Trinajstić information content (AvgIpc) is 2.74. The number of anilines is 1. The molecule has 96 valence electrons. The highest BCUT2D eigenvalue weighted by molar-refractivity contribution is 6.36. The number of H-pyrrole nitrogens is 1. The predicted molar refractivity (Wildman–Crippen MR) is 79.9 cm³/mol. The maximum atomic E-state index is 6.34. The van der Waals surface area contributed by atoms with Crippen molar-refractivity contribution in [3.05, 3.63) is 58.5 Å². The summed E-state index contributed by atoms with van der Waals surface area (Å²) in [6.07, 6.45) is 1.66. The lowest BCUT2D eigenvalue weighted by Gasteiger charge is -2.05. The molecular formula is C14H11Cl2N3. The average molecular weight is 292 g/mol. The number of aromatic nitrogens is 2. The van der Waals surface area contributed by atoms with Crippen LogP contribution in [0.3, 0.4) is 0 Å². The molecule has 5 heteroatoms. The van der Waals surface area contributed by atoms with Gasteiger partial charge >= 0.3 is 0 Å². The zero-order valence-electron chi connectivity index (χ0n) is 9.95. The highest BCUT2D eigenvalue weighted by Crippen LogP contribution is 2.27. The van der Waals surface area contributed by atoms with Gasteiger partial charge in [0.15, 0.2) is 0 Å². The molecule has 0 unspecified atom stereocenters. The minimum atomic E-state index is 0.466. The van der Waals surface area contributed by atoms with Crippen molar-refractivity contribution in [3.63, 3.8) is 0 Å². The van der Waals surface area contributed by atoms with Gasteiger partial charge in [0, 0.05) is 22.8 Å². The van der Waals surface area contributed by atoms with Crippen LogP contribution in [-0.2, 0) is 6.54 Å². The van der Waals surface area contributed by atoms with Gasteiger partial charge in [-0.15, -0.1) is 0 Å². The fourth-order valence-corrected chi connectivity index (χ4v) is 2.44. The second kappa shape index (κ2) is 5.11. The van der Waals surface area contributed by atoms with Crippen LogP contribution in [0.1, 0.15) is 5.69 Å². The van der Waals surface area contributed by atoms with Crippen molar-refractivity contribution in [2.24, 2.45) is 0 Å². The third-order valence-electron chi connectivity index (χ3n) is 2.91. The lowest BCUT2D eigenvalue weighted by Crippen LogP contribution is -2.00. The number of para-hydroxylation sites is 1. The van der Waals surface area contributed by atoms with Gasteiger partial charge in [0.1, 0.15) is 5.15 Å². The van der Waals surface area contributed by atoms with E-state index in [1.165, 1.54) is 0 Å². The van der Waals surface area contributed by atoms with Gasteiger partial charge in [0.2, 0.25) is 0 Å². The van der Waals surface area contributed by atoms with Gasteiger partial charge in [-0.3, -0.25) is 0 Å². The Hall–Kier alpha value is -1.71. The highest BCUT2D eigenvalue weighted by atomic mass is 35.5. The molecule has 3 nitrogen and oxygen atoms in total. The molecule has 2 aromatic heterocycles.